The molecule has 0 aliphatic carbocycles. The van der Waals surface area contributed by atoms with Gasteiger partial charge in [-0.2, -0.15) is 10.2 Å². The van der Waals surface area contributed by atoms with Crippen molar-refractivity contribution in [1.29, 1.82) is 0 Å². The number of carbonyl (C=O) groups excluding carboxylic acids is 1. The standard InChI is InChI=1S/C40H34F2N8O2/c1-47-35-14-7-17-48(22-25-8-3-2-4-9-25)40(51)36-20-29(52-28-11-5-10-26(18-28)30-12-6-13-33(46-47)37(30)35)23-49(36)38-31-21-45-50(39(31)44-24-43-38)34-16-15-27(41)19-32(34)42/h2-6,8-13,15-16,18-19,21,24,29,36H,7,14,17,20,22-23H2,1H3/t29-,36-/m0/s1. The zero-order valence-electron chi connectivity index (χ0n) is 28.4. The summed E-state index contributed by atoms with van der Waals surface area (Å²) >= 11 is 0. The molecule has 5 heterocycles. The van der Waals surface area contributed by atoms with E-state index in [-0.39, 0.29) is 17.7 Å². The predicted octanol–water partition coefficient (Wildman–Crippen LogP) is 6.65. The van der Waals surface area contributed by atoms with Gasteiger partial charge in [0.15, 0.2) is 11.5 Å². The predicted molar refractivity (Wildman–Crippen MR) is 193 cm³/mol. The summed E-state index contributed by atoms with van der Waals surface area (Å²) in [6.45, 7) is 1.33. The average Bonchev–Trinajstić information content (AvgIpc) is 3.86. The number of ether oxygens (including phenoxy) is 1. The van der Waals surface area contributed by atoms with E-state index in [1.165, 1.54) is 23.1 Å². The molecule has 0 saturated carbocycles. The van der Waals surface area contributed by atoms with Crippen molar-refractivity contribution in [2.45, 2.75) is 38.0 Å². The third-order valence-corrected chi connectivity index (χ3v) is 10.1. The first-order valence-corrected chi connectivity index (χ1v) is 17.4. The van der Waals surface area contributed by atoms with Crippen LogP contribution in [-0.2, 0) is 24.8 Å². The number of amides is 1. The average molecular weight is 697 g/mol. The molecule has 0 radical (unpaired) electrons. The van der Waals surface area contributed by atoms with Crippen molar-refractivity contribution < 1.29 is 18.3 Å². The van der Waals surface area contributed by atoms with Gasteiger partial charge in [0.05, 0.1) is 23.6 Å². The molecule has 1 amide bonds. The van der Waals surface area contributed by atoms with Crippen LogP contribution in [0.2, 0.25) is 0 Å². The Balaban J connectivity index is 1.15. The Labute approximate surface area is 297 Å². The van der Waals surface area contributed by atoms with Gasteiger partial charge in [0.1, 0.15) is 41.5 Å². The number of carbonyl (C=O) groups is 1. The van der Waals surface area contributed by atoms with Crippen molar-refractivity contribution in [2.75, 3.05) is 18.0 Å². The smallest absolute Gasteiger partial charge is 0.245 e. The maximum atomic E-state index is 14.9. The van der Waals surface area contributed by atoms with E-state index in [4.69, 9.17) is 9.84 Å². The van der Waals surface area contributed by atoms with Crippen molar-refractivity contribution in [1.82, 2.24) is 34.4 Å². The zero-order valence-corrected chi connectivity index (χ0v) is 28.4. The third-order valence-electron chi connectivity index (χ3n) is 10.1. The number of aryl methyl sites for hydroxylation is 2. The Hall–Kier alpha value is -6.17. The number of benzene rings is 4. The SMILES string of the molecule is Cn1nc2cccc3c2c1CCCN(Cc1ccccc1)C(=O)[C@@H]1C[C@@H](CN1c1ncnc2c1cnn2-c1ccc(F)cc1F)Oc1cccc-3c1. The molecule has 2 aliphatic rings. The van der Waals surface area contributed by atoms with Gasteiger partial charge in [-0.1, -0.05) is 54.6 Å². The van der Waals surface area contributed by atoms with E-state index in [0.717, 1.165) is 52.2 Å². The summed E-state index contributed by atoms with van der Waals surface area (Å²) < 4.78 is 38.7. The van der Waals surface area contributed by atoms with Crippen molar-refractivity contribution in [2.24, 2.45) is 7.05 Å². The molecule has 1 saturated heterocycles. The fourth-order valence-corrected chi connectivity index (χ4v) is 7.73. The van der Waals surface area contributed by atoms with Gasteiger partial charge in [-0.3, -0.25) is 9.48 Å². The number of halogens is 2. The van der Waals surface area contributed by atoms with Crippen molar-refractivity contribution >= 4 is 33.7 Å². The fourth-order valence-electron chi connectivity index (χ4n) is 7.73. The molecular weight excluding hydrogens is 662 g/mol. The van der Waals surface area contributed by atoms with Crippen LogP contribution in [-0.4, -0.2) is 65.6 Å². The molecule has 1 fully saturated rings. The molecule has 2 atom stereocenters. The molecule has 0 unspecified atom stereocenters. The van der Waals surface area contributed by atoms with E-state index in [1.54, 1.807) is 6.20 Å². The number of hydrogen-bond acceptors (Lipinski definition) is 7. The molecule has 3 aromatic heterocycles. The van der Waals surface area contributed by atoms with Gasteiger partial charge < -0.3 is 14.5 Å². The quantitative estimate of drug-likeness (QED) is 0.204. The van der Waals surface area contributed by atoms with E-state index in [2.05, 4.69) is 33.3 Å². The van der Waals surface area contributed by atoms with Crippen LogP contribution in [0.15, 0.2) is 104 Å². The zero-order chi connectivity index (χ0) is 35.3. The minimum atomic E-state index is -0.769. The van der Waals surface area contributed by atoms with Crippen LogP contribution in [0.5, 0.6) is 5.75 Å². The molecule has 4 aromatic carbocycles. The Morgan fingerprint density at radius 2 is 1.81 bits per heavy atom. The minimum Gasteiger partial charge on any atom is -0.488 e. The van der Waals surface area contributed by atoms with Gasteiger partial charge in [0, 0.05) is 43.7 Å². The number of nitrogens with zero attached hydrogens (tertiary/aromatic N) is 8. The molecule has 9 rings (SSSR count). The van der Waals surface area contributed by atoms with Crippen LogP contribution in [0.1, 0.15) is 24.1 Å². The van der Waals surface area contributed by atoms with Crippen LogP contribution in [0.25, 0.3) is 38.8 Å². The lowest BCUT2D eigenvalue weighted by atomic mass is 9.98. The number of anilines is 1. The Kier molecular flexibility index (Phi) is 7.86. The molecule has 10 nitrogen and oxygen atoms in total. The second kappa shape index (κ2) is 12.9. The topological polar surface area (TPSA) is 94.2 Å². The summed E-state index contributed by atoms with van der Waals surface area (Å²) in [6.07, 6.45) is 4.46. The third kappa shape index (κ3) is 5.60. The van der Waals surface area contributed by atoms with Crippen LogP contribution in [0.3, 0.4) is 0 Å². The monoisotopic (exact) mass is 696 g/mol. The molecule has 0 spiro atoms. The van der Waals surface area contributed by atoms with Crippen LogP contribution in [0.4, 0.5) is 14.6 Å². The molecule has 260 valence electrons. The van der Waals surface area contributed by atoms with Gasteiger partial charge in [0.2, 0.25) is 5.91 Å². The maximum absolute atomic E-state index is 14.9. The summed E-state index contributed by atoms with van der Waals surface area (Å²) in [5.41, 5.74) is 5.57. The lowest BCUT2D eigenvalue weighted by Crippen LogP contribution is -2.46. The van der Waals surface area contributed by atoms with Crippen molar-refractivity contribution in [3.05, 3.63) is 126 Å². The lowest BCUT2D eigenvalue weighted by molar-refractivity contribution is -0.133. The summed E-state index contributed by atoms with van der Waals surface area (Å²) in [7, 11) is 1.98. The Bertz CT molecular complexity index is 2460. The summed E-state index contributed by atoms with van der Waals surface area (Å²) in [5, 5.41) is 10.9. The summed E-state index contributed by atoms with van der Waals surface area (Å²) in [5.74, 6) is -0.315. The first-order valence-electron chi connectivity index (χ1n) is 17.4. The van der Waals surface area contributed by atoms with Crippen molar-refractivity contribution in [3.8, 4) is 22.6 Å². The fraction of sp³-hybridized carbons (Fsp3) is 0.225. The highest BCUT2D eigenvalue weighted by atomic mass is 19.1. The number of hydrogen-bond donors (Lipinski definition) is 0. The number of fused-ring (bicyclic) bond motifs is 6. The molecule has 2 aliphatic heterocycles. The Morgan fingerprint density at radius 1 is 0.942 bits per heavy atom. The summed E-state index contributed by atoms with van der Waals surface area (Å²) in [4.78, 5) is 27.9. The number of aromatic nitrogens is 6. The highest BCUT2D eigenvalue weighted by Crippen LogP contribution is 2.37. The second-order valence-electron chi connectivity index (χ2n) is 13.4. The van der Waals surface area contributed by atoms with Gasteiger partial charge in [0.25, 0.3) is 0 Å². The molecule has 7 aromatic rings. The first kappa shape index (κ1) is 31.8. The van der Waals surface area contributed by atoms with E-state index >= 15 is 0 Å². The molecular formula is C40H34F2N8O2. The second-order valence-corrected chi connectivity index (χ2v) is 13.4. The highest BCUT2D eigenvalue weighted by Gasteiger charge is 2.42. The highest BCUT2D eigenvalue weighted by molar-refractivity contribution is 5.97. The number of rotatable bonds is 4. The molecule has 12 heteroatoms. The van der Waals surface area contributed by atoms with Gasteiger partial charge >= 0.3 is 0 Å². The maximum Gasteiger partial charge on any atom is 0.245 e. The molecule has 0 N–H and O–H groups in total. The minimum absolute atomic E-state index is 0.0436. The van der Waals surface area contributed by atoms with Crippen LogP contribution in [0, 0.1) is 11.6 Å². The molecule has 4 bridgehead atoms. The van der Waals surface area contributed by atoms with Gasteiger partial charge in [-0.05, 0) is 59.9 Å². The van der Waals surface area contributed by atoms with E-state index in [9.17, 15) is 13.6 Å². The Morgan fingerprint density at radius 3 is 2.67 bits per heavy atom. The first-order chi connectivity index (χ1) is 25.4. The van der Waals surface area contributed by atoms with Gasteiger partial charge in [-0.15, -0.1) is 0 Å². The van der Waals surface area contributed by atoms with Gasteiger partial charge in [-0.25, -0.2) is 23.4 Å². The van der Waals surface area contributed by atoms with E-state index in [0.29, 0.717) is 48.7 Å². The van der Waals surface area contributed by atoms with Crippen molar-refractivity contribution in [3.63, 3.8) is 0 Å². The van der Waals surface area contributed by atoms with Crippen LogP contribution >= 0.6 is 0 Å². The molecule has 52 heavy (non-hydrogen) atoms. The largest absolute Gasteiger partial charge is 0.488 e. The van der Waals surface area contributed by atoms with Crippen LogP contribution < -0.4 is 9.64 Å². The summed E-state index contributed by atoms with van der Waals surface area (Å²) in [6, 6.07) is 27.0. The van der Waals surface area contributed by atoms with E-state index in [1.807, 2.05) is 76.1 Å². The normalized spacial score (nSPS) is 17.7. The lowest BCUT2D eigenvalue weighted by Gasteiger charge is -2.31. The van der Waals surface area contributed by atoms with E-state index < -0.39 is 17.7 Å².